The summed E-state index contributed by atoms with van der Waals surface area (Å²) in [5.74, 6) is 0. The Morgan fingerprint density at radius 3 is 2.82 bits per heavy atom. The summed E-state index contributed by atoms with van der Waals surface area (Å²) in [6, 6.07) is 1.61. The summed E-state index contributed by atoms with van der Waals surface area (Å²) in [5, 5.41) is 12.8. The van der Waals surface area contributed by atoms with Crippen LogP contribution in [0.3, 0.4) is 0 Å². The van der Waals surface area contributed by atoms with Gasteiger partial charge < -0.3 is 10.0 Å². The number of aliphatic hydroxyl groups is 1. The third kappa shape index (κ3) is 4.19. The van der Waals surface area contributed by atoms with E-state index in [1.807, 2.05) is 11.9 Å². The molecule has 0 bridgehead atoms. The van der Waals surface area contributed by atoms with Gasteiger partial charge in [0.05, 0.1) is 11.9 Å². The summed E-state index contributed by atoms with van der Waals surface area (Å²) >= 11 is 0. The molecule has 1 heterocycles. The highest BCUT2D eigenvalue weighted by Crippen LogP contribution is 2.07. The number of rotatable bonds is 7. The molecule has 0 aliphatic rings. The molecular weight excluding hydrogens is 218 g/mol. The van der Waals surface area contributed by atoms with Crippen molar-refractivity contribution in [1.29, 1.82) is 0 Å². The summed E-state index contributed by atoms with van der Waals surface area (Å²) in [7, 11) is 1.95. The van der Waals surface area contributed by atoms with E-state index in [1.165, 1.54) is 4.68 Å². The minimum atomic E-state index is -0.0802. The lowest BCUT2D eigenvalue weighted by molar-refractivity contribution is 0.279. The van der Waals surface area contributed by atoms with E-state index in [0.29, 0.717) is 13.0 Å². The Bertz CT molecular complexity index is 390. The first kappa shape index (κ1) is 13.7. The van der Waals surface area contributed by atoms with Crippen LogP contribution in [0.15, 0.2) is 17.1 Å². The van der Waals surface area contributed by atoms with E-state index in [2.05, 4.69) is 12.0 Å². The van der Waals surface area contributed by atoms with Crippen molar-refractivity contribution in [1.82, 2.24) is 9.78 Å². The van der Waals surface area contributed by atoms with Gasteiger partial charge in [-0.2, -0.15) is 5.10 Å². The lowest BCUT2D eigenvalue weighted by Gasteiger charge is -2.17. The van der Waals surface area contributed by atoms with Crippen LogP contribution in [0.5, 0.6) is 0 Å². The van der Waals surface area contributed by atoms with Gasteiger partial charge in [0, 0.05) is 32.8 Å². The number of aromatic nitrogens is 2. The number of aliphatic hydroxyl groups excluding tert-OH is 1. The van der Waals surface area contributed by atoms with Crippen molar-refractivity contribution in [2.24, 2.45) is 0 Å². The molecule has 1 aromatic rings. The van der Waals surface area contributed by atoms with Gasteiger partial charge in [0.1, 0.15) is 0 Å². The molecule has 0 radical (unpaired) electrons. The molecule has 5 heteroatoms. The molecule has 0 fully saturated rings. The minimum Gasteiger partial charge on any atom is -0.396 e. The third-order valence-electron chi connectivity index (χ3n) is 2.63. The first-order valence-corrected chi connectivity index (χ1v) is 6.08. The van der Waals surface area contributed by atoms with Crippen molar-refractivity contribution in [3.8, 4) is 0 Å². The van der Waals surface area contributed by atoms with Crippen molar-refractivity contribution in [2.75, 3.05) is 25.1 Å². The Labute approximate surface area is 102 Å². The molecule has 0 spiro atoms. The highest BCUT2D eigenvalue weighted by molar-refractivity contribution is 5.41. The van der Waals surface area contributed by atoms with Gasteiger partial charge in [-0.3, -0.25) is 4.79 Å². The summed E-state index contributed by atoms with van der Waals surface area (Å²) in [6.45, 7) is 3.74. The van der Waals surface area contributed by atoms with Gasteiger partial charge in [-0.1, -0.05) is 6.92 Å². The van der Waals surface area contributed by atoms with Crippen LogP contribution in [-0.2, 0) is 6.54 Å². The van der Waals surface area contributed by atoms with Crippen LogP contribution in [-0.4, -0.2) is 35.1 Å². The maximum absolute atomic E-state index is 11.8. The zero-order valence-corrected chi connectivity index (χ0v) is 10.6. The second kappa shape index (κ2) is 7.06. The van der Waals surface area contributed by atoms with Crippen LogP contribution in [0.25, 0.3) is 0 Å². The van der Waals surface area contributed by atoms with Crippen LogP contribution < -0.4 is 10.5 Å². The van der Waals surface area contributed by atoms with E-state index in [4.69, 9.17) is 5.11 Å². The second-order valence-corrected chi connectivity index (χ2v) is 4.13. The summed E-state index contributed by atoms with van der Waals surface area (Å²) in [4.78, 5) is 13.8. The Kier molecular flexibility index (Phi) is 5.69. The highest BCUT2D eigenvalue weighted by Gasteiger charge is 2.03. The van der Waals surface area contributed by atoms with Crippen molar-refractivity contribution in [3.63, 3.8) is 0 Å². The largest absolute Gasteiger partial charge is 0.396 e. The van der Waals surface area contributed by atoms with E-state index >= 15 is 0 Å². The monoisotopic (exact) mass is 239 g/mol. The Balaban J connectivity index is 2.69. The Morgan fingerprint density at radius 2 is 2.24 bits per heavy atom. The molecule has 0 unspecified atom stereocenters. The number of aryl methyl sites for hydroxylation is 1. The normalized spacial score (nSPS) is 10.5. The van der Waals surface area contributed by atoms with E-state index in [0.717, 1.165) is 25.1 Å². The Morgan fingerprint density at radius 1 is 1.47 bits per heavy atom. The molecule has 1 rings (SSSR count). The summed E-state index contributed by atoms with van der Waals surface area (Å²) in [6.07, 6.45) is 4.23. The van der Waals surface area contributed by atoms with Crippen molar-refractivity contribution < 1.29 is 5.11 Å². The topological polar surface area (TPSA) is 58.4 Å². The van der Waals surface area contributed by atoms with Gasteiger partial charge >= 0.3 is 0 Å². The number of hydrogen-bond acceptors (Lipinski definition) is 4. The molecule has 96 valence electrons. The predicted molar refractivity (Wildman–Crippen MR) is 68.4 cm³/mol. The van der Waals surface area contributed by atoms with Crippen molar-refractivity contribution >= 4 is 5.69 Å². The molecule has 0 saturated carbocycles. The van der Waals surface area contributed by atoms with Crippen LogP contribution in [0.1, 0.15) is 26.2 Å². The minimum absolute atomic E-state index is 0.0802. The Hall–Kier alpha value is -1.36. The SMILES string of the molecule is CCCN(C)c1cnn(CCCCO)c(=O)c1. The fraction of sp³-hybridized carbons (Fsp3) is 0.667. The molecule has 0 saturated heterocycles. The summed E-state index contributed by atoms with van der Waals surface area (Å²) < 4.78 is 1.44. The average Bonchev–Trinajstić information content (AvgIpc) is 2.31. The smallest absolute Gasteiger partial charge is 0.268 e. The third-order valence-corrected chi connectivity index (χ3v) is 2.63. The van der Waals surface area contributed by atoms with Gasteiger partial charge in [0.2, 0.25) is 0 Å². The molecule has 17 heavy (non-hydrogen) atoms. The molecule has 0 aromatic carbocycles. The van der Waals surface area contributed by atoms with Crippen LogP contribution in [0, 0.1) is 0 Å². The van der Waals surface area contributed by atoms with E-state index in [-0.39, 0.29) is 12.2 Å². The molecule has 0 aliphatic carbocycles. The van der Waals surface area contributed by atoms with Crippen LogP contribution in [0.4, 0.5) is 5.69 Å². The number of nitrogens with zero attached hydrogens (tertiary/aromatic N) is 3. The van der Waals surface area contributed by atoms with Crippen LogP contribution >= 0.6 is 0 Å². The first-order valence-electron chi connectivity index (χ1n) is 6.08. The van der Waals surface area contributed by atoms with Crippen LogP contribution in [0.2, 0.25) is 0 Å². The standard InChI is InChI=1S/C12H21N3O2/c1-3-6-14(2)11-9-12(17)15(13-10-11)7-4-5-8-16/h9-10,16H,3-8H2,1-2H3. The van der Waals surface area contributed by atoms with E-state index < -0.39 is 0 Å². The van der Waals surface area contributed by atoms with E-state index in [1.54, 1.807) is 12.3 Å². The van der Waals surface area contributed by atoms with Gasteiger partial charge in [0.25, 0.3) is 5.56 Å². The fourth-order valence-corrected chi connectivity index (χ4v) is 1.64. The average molecular weight is 239 g/mol. The molecule has 0 aliphatic heterocycles. The van der Waals surface area contributed by atoms with Crippen molar-refractivity contribution in [3.05, 3.63) is 22.6 Å². The van der Waals surface area contributed by atoms with Crippen molar-refractivity contribution in [2.45, 2.75) is 32.7 Å². The molecule has 1 N–H and O–H groups in total. The number of unbranched alkanes of at least 4 members (excludes halogenated alkanes) is 1. The van der Waals surface area contributed by atoms with Gasteiger partial charge in [-0.05, 0) is 19.3 Å². The quantitative estimate of drug-likeness (QED) is 0.717. The zero-order valence-electron chi connectivity index (χ0n) is 10.6. The highest BCUT2D eigenvalue weighted by atomic mass is 16.2. The maximum Gasteiger partial charge on any atom is 0.268 e. The second-order valence-electron chi connectivity index (χ2n) is 4.13. The fourth-order valence-electron chi connectivity index (χ4n) is 1.64. The predicted octanol–water partition coefficient (Wildman–Crippen LogP) is 0.862. The van der Waals surface area contributed by atoms with Gasteiger partial charge in [-0.25, -0.2) is 4.68 Å². The summed E-state index contributed by atoms with van der Waals surface area (Å²) in [5.41, 5.74) is 0.777. The lowest BCUT2D eigenvalue weighted by atomic mass is 10.3. The molecular formula is C12H21N3O2. The van der Waals surface area contributed by atoms with Gasteiger partial charge in [-0.15, -0.1) is 0 Å². The molecule has 0 amide bonds. The molecule has 1 aromatic heterocycles. The zero-order chi connectivity index (χ0) is 12.7. The maximum atomic E-state index is 11.8. The number of hydrogen-bond donors (Lipinski definition) is 1. The van der Waals surface area contributed by atoms with Gasteiger partial charge in [0.15, 0.2) is 0 Å². The number of anilines is 1. The first-order chi connectivity index (χ1) is 8.19. The van der Waals surface area contributed by atoms with E-state index in [9.17, 15) is 4.79 Å². The molecule has 5 nitrogen and oxygen atoms in total. The lowest BCUT2D eigenvalue weighted by Crippen LogP contribution is -2.26. The molecule has 0 atom stereocenters.